The predicted molar refractivity (Wildman–Crippen MR) is 61.3 cm³/mol. The molecule has 15 heavy (non-hydrogen) atoms. The van der Waals surface area contributed by atoms with E-state index in [9.17, 15) is 4.79 Å². The summed E-state index contributed by atoms with van der Waals surface area (Å²) >= 11 is 2.54. The molecule has 2 heterocycles. The lowest BCUT2D eigenvalue weighted by atomic mass is 10.4. The molecule has 0 fully saturated rings. The van der Waals surface area contributed by atoms with Gasteiger partial charge in [-0.2, -0.15) is 0 Å². The molecule has 0 aliphatic rings. The summed E-state index contributed by atoms with van der Waals surface area (Å²) in [6.45, 7) is 1.75. The van der Waals surface area contributed by atoms with Crippen molar-refractivity contribution in [3.8, 4) is 0 Å². The van der Waals surface area contributed by atoms with Gasteiger partial charge in [0.15, 0.2) is 10.3 Å². The van der Waals surface area contributed by atoms with Crippen LogP contribution in [0.4, 0.5) is 10.3 Å². The molecule has 0 aromatic carbocycles. The van der Waals surface area contributed by atoms with Crippen LogP contribution in [0.2, 0.25) is 0 Å². The highest BCUT2D eigenvalue weighted by Gasteiger charge is 2.14. The van der Waals surface area contributed by atoms with Gasteiger partial charge in [-0.1, -0.05) is 11.3 Å². The number of amides is 1. The Hall–Kier alpha value is -1.47. The maximum absolute atomic E-state index is 11.7. The Kier molecular flexibility index (Phi) is 2.65. The van der Waals surface area contributed by atoms with Crippen LogP contribution in [-0.2, 0) is 0 Å². The highest BCUT2D eigenvalue weighted by molar-refractivity contribution is 7.17. The van der Waals surface area contributed by atoms with Gasteiger partial charge in [-0.3, -0.25) is 10.1 Å². The lowest BCUT2D eigenvalue weighted by molar-refractivity contribution is 0.103. The molecule has 2 aromatic rings. The Bertz CT molecular complexity index is 477. The summed E-state index contributed by atoms with van der Waals surface area (Å²) in [4.78, 5) is 20.2. The minimum absolute atomic E-state index is 0.211. The molecule has 0 atom stereocenters. The minimum atomic E-state index is -0.211. The molecule has 0 unspecified atom stereocenters. The van der Waals surface area contributed by atoms with Crippen molar-refractivity contribution >= 4 is 38.8 Å². The number of nitrogen functional groups attached to an aromatic ring is 1. The van der Waals surface area contributed by atoms with E-state index in [0.717, 1.165) is 0 Å². The van der Waals surface area contributed by atoms with Crippen LogP contribution in [0.25, 0.3) is 0 Å². The highest BCUT2D eigenvalue weighted by Crippen LogP contribution is 2.21. The minimum Gasteiger partial charge on any atom is -0.375 e. The zero-order valence-electron chi connectivity index (χ0n) is 7.85. The van der Waals surface area contributed by atoms with Crippen LogP contribution in [-0.4, -0.2) is 15.9 Å². The number of hydrogen-bond donors (Lipinski definition) is 2. The standard InChI is InChI=1S/C8H8N4OS2/c1-4-5(15-7(9)11-4)6(13)12-8-10-2-3-14-8/h2-3H,1H3,(H2,9,11)(H,10,12,13). The fourth-order valence-electron chi connectivity index (χ4n) is 1.07. The van der Waals surface area contributed by atoms with Crippen LogP contribution >= 0.6 is 22.7 Å². The molecule has 2 rings (SSSR count). The lowest BCUT2D eigenvalue weighted by Gasteiger charge is -1.98. The van der Waals surface area contributed by atoms with E-state index >= 15 is 0 Å². The van der Waals surface area contributed by atoms with Gasteiger partial charge in [0.05, 0.1) is 5.69 Å². The van der Waals surface area contributed by atoms with E-state index < -0.39 is 0 Å². The summed E-state index contributed by atoms with van der Waals surface area (Å²) in [6.07, 6.45) is 1.63. The van der Waals surface area contributed by atoms with E-state index in [1.165, 1.54) is 22.7 Å². The number of aromatic nitrogens is 2. The van der Waals surface area contributed by atoms with Crippen LogP contribution in [0.3, 0.4) is 0 Å². The first kappa shape index (κ1) is 10.1. The first-order valence-corrected chi connectivity index (χ1v) is 5.80. The van der Waals surface area contributed by atoms with Crippen LogP contribution < -0.4 is 11.1 Å². The fourth-order valence-corrected chi connectivity index (χ4v) is 2.32. The first-order chi connectivity index (χ1) is 7.16. The third-order valence-corrected chi connectivity index (χ3v) is 3.35. The summed E-state index contributed by atoms with van der Waals surface area (Å²) in [6, 6.07) is 0. The Morgan fingerprint density at radius 1 is 1.60 bits per heavy atom. The third kappa shape index (κ3) is 2.13. The second kappa shape index (κ2) is 3.95. The lowest BCUT2D eigenvalue weighted by Crippen LogP contribution is -2.11. The average Bonchev–Trinajstić information content (AvgIpc) is 2.75. The van der Waals surface area contributed by atoms with Crippen LogP contribution in [0.1, 0.15) is 15.4 Å². The van der Waals surface area contributed by atoms with Crippen molar-refractivity contribution in [1.29, 1.82) is 0 Å². The normalized spacial score (nSPS) is 10.2. The van der Waals surface area contributed by atoms with Crippen molar-refractivity contribution in [2.24, 2.45) is 0 Å². The van der Waals surface area contributed by atoms with E-state index in [2.05, 4.69) is 15.3 Å². The smallest absolute Gasteiger partial charge is 0.269 e. The molecule has 0 bridgehead atoms. The molecule has 0 saturated heterocycles. The SMILES string of the molecule is Cc1nc(N)sc1C(=O)Nc1nccs1. The number of aryl methyl sites for hydroxylation is 1. The van der Waals surface area contributed by atoms with Gasteiger partial charge in [-0.05, 0) is 6.92 Å². The van der Waals surface area contributed by atoms with Crippen molar-refractivity contribution in [2.75, 3.05) is 11.1 Å². The molecule has 0 saturated carbocycles. The number of hydrogen-bond acceptors (Lipinski definition) is 6. The molecule has 0 spiro atoms. The molecule has 0 aliphatic carbocycles. The van der Waals surface area contributed by atoms with E-state index in [-0.39, 0.29) is 5.91 Å². The molecule has 0 radical (unpaired) electrons. The Labute approximate surface area is 94.0 Å². The van der Waals surface area contributed by atoms with E-state index in [1.54, 1.807) is 18.5 Å². The molecule has 0 aliphatic heterocycles. The molecule has 7 heteroatoms. The molecular weight excluding hydrogens is 232 g/mol. The summed E-state index contributed by atoms with van der Waals surface area (Å²) in [7, 11) is 0. The number of carbonyl (C=O) groups is 1. The number of anilines is 2. The summed E-state index contributed by atoms with van der Waals surface area (Å²) in [5.74, 6) is -0.211. The van der Waals surface area contributed by atoms with Gasteiger partial charge in [-0.15, -0.1) is 11.3 Å². The summed E-state index contributed by atoms with van der Waals surface area (Å²) < 4.78 is 0. The van der Waals surface area contributed by atoms with Gasteiger partial charge >= 0.3 is 0 Å². The van der Waals surface area contributed by atoms with Gasteiger partial charge in [0.25, 0.3) is 5.91 Å². The molecule has 3 N–H and O–H groups in total. The number of carbonyl (C=O) groups excluding carboxylic acids is 1. The van der Waals surface area contributed by atoms with Gasteiger partial charge in [0.1, 0.15) is 4.88 Å². The zero-order valence-corrected chi connectivity index (χ0v) is 9.48. The predicted octanol–water partition coefficient (Wildman–Crippen LogP) is 1.74. The second-order valence-electron chi connectivity index (χ2n) is 2.76. The van der Waals surface area contributed by atoms with Crippen LogP contribution in [0.15, 0.2) is 11.6 Å². The Morgan fingerprint density at radius 3 is 2.93 bits per heavy atom. The first-order valence-electron chi connectivity index (χ1n) is 4.10. The van der Waals surface area contributed by atoms with Crippen molar-refractivity contribution in [2.45, 2.75) is 6.92 Å². The summed E-state index contributed by atoms with van der Waals surface area (Å²) in [5.41, 5.74) is 6.15. The Balaban J connectivity index is 2.18. The number of nitrogens with two attached hydrogens (primary N) is 1. The van der Waals surface area contributed by atoms with Crippen molar-refractivity contribution in [3.63, 3.8) is 0 Å². The van der Waals surface area contributed by atoms with Crippen molar-refractivity contribution < 1.29 is 4.79 Å². The molecule has 78 valence electrons. The van der Waals surface area contributed by atoms with Crippen LogP contribution in [0, 0.1) is 6.92 Å². The summed E-state index contributed by atoms with van der Waals surface area (Å²) in [5, 5.41) is 5.45. The largest absolute Gasteiger partial charge is 0.375 e. The third-order valence-electron chi connectivity index (χ3n) is 1.67. The van der Waals surface area contributed by atoms with Gasteiger partial charge in [0.2, 0.25) is 0 Å². The molecule has 2 aromatic heterocycles. The van der Waals surface area contributed by atoms with E-state index in [1.807, 2.05) is 0 Å². The maximum Gasteiger partial charge on any atom is 0.269 e. The van der Waals surface area contributed by atoms with E-state index in [0.29, 0.717) is 20.8 Å². The van der Waals surface area contributed by atoms with Gasteiger partial charge in [-0.25, -0.2) is 9.97 Å². The van der Waals surface area contributed by atoms with Crippen molar-refractivity contribution in [1.82, 2.24) is 9.97 Å². The molecule has 1 amide bonds. The van der Waals surface area contributed by atoms with Gasteiger partial charge < -0.3 is 5.73 Å². The fraction of sp³-hybridized carbons (Fsp3) is 0.125. The zero-order chi connectivity index (χ0) is 10.8. The number of thiazole rings is 2. The Morgan fingerprint density at radius 2 is 2.40 bits per heavy atom. The average molecular weight is 240 g/mol. The number of nitrogens with one attached hydrogen (secondary N) is 1. The van der Waals surface area contributed by atoms with Crippen LogP contribution in [0.5, 0.6) is 0 Å². The number of nitrogens with zero attached hydrogens (tertiary/aromatic N) is 2. The maximum atomic E-state index is 11.7. The monoisotopic (exact) mass is 240 g/mol. The topological polar surface area (TPSA) is 80.9 Å². The second-order valence-corrected chi connectivity index (χ2v) is 4.68. The van der Waals surface area contributed by atoms with Crippen molar-refractivity contribution in [3.05, 3.63) is 22.1 Å². The highest BCUT2D eigenvalue weighted by atomic mass is 32.1. The number of rotatable bonds is 2. The molecule has 5 nitrogen and oxygen atoms in total. The van der Waals surface area contributed by atoms with E-state index in [4.69, 9.17) is 5.73 Å². The molecular formula is C8H8N4OS2. The quantitative estimate of drug-likeness (QED) is 0.837. The van der Waals surface area contributed by atoms with Gasteiger partial charge in [0, 0.05) is 11.6 Å².